The van der Waals surface area contributed by atoms with Crippen molar-refractivity contribution < 1.29 is 23.1 Å². The van der Waals surface area contributed by atoms with Crippen LogP contribution in [0.25, 0.3) is 0 Å². The Labute approximate surface area is 123 Å². The van der Waals surface area contributed by atoms with E-state index in [0.717, 1.165) is 18.4 Å². The van der Waals surface area contributed by atoms with Crippen LogP contribution < -0.4 is 4.72 Å². The molecule has 7 heteroatoms. The van der Waals surface area contributed by atoms with Crippen LogP contribution in [-0.4, -0.2) is 38.2 Å². The molecule has 2 atom stereocenters. The van der Waals surface area contributed by atoms with Gasteiger partial charge in [0.1, 0.15) is 0 Å². The Morgan fingerprint density at radius 1 is 1.24 bits per heavy atom. The maximum atomic E-state index is 12.5. The molecule has 2 N–H and O–H groups in total. The monoisotopic (exact) mass is 311 g/mol. The molecule has 0 amide bonds. The van der Waals surface area contributed by atoms with Crippen molar-refractivity contribution in [1.29, 1.82) is 0 Å². The molecule has 1 heterocycles. The average Bonchev–Trinajstić information content (AvgIpc) is 3.19. The van der Waals surface area contributed by atoms with Gasteiger partial charge in [-0.15, -0.1) is 0 Å². The maximum absolute atomic E-state index is 12.5. The molecular formula is C14H17NO5S. The molecule has 1 aromatic rings. The van der Waals surface area contributed by atoms with E-state index in [9.17, 15) is 13.2 Å². The van der Waals surface area contributed by atoms with Crippen molar-refractivity contribution in [2.24, 2.45) is 0 Å². The summed E-state index contributed by atoms with van der Waals surface area (Å²) < 4.78 is 32.7. The minimum absolute atomic E-state index is 0.244. The molecule has 6 nitrogen and oxygen atoms in total. The van der Waals surface area contributed by atoms with Crippen LogP contribution in [0.4, 0.5) is 0 Å². The number of ether oxygens (including phenoxy) is 1. The first-order valence-electron chi connectivity index (χ1n) is 6.95. The van der Waals surface area contributed by atoms with E-state index in [1.54, 1.807) is 12.1 Å². The Balaban J connectivity index is 1.86. The highest BCUT2D eigenvalue weighted by molar-refractivity contribution is 7.89. The molecule has 2 fully saturated rings. The zero-order valence-electron chi connectivity index (χ0n) is 11.4. The first kappa shape index (κ1) is 14.5. The maximum Gasteiger partial charge on any atom is 0.334 e. The van der Waals surface area contributed by atoms with Crippen molar-refractivity contribution in [3.8, 4) is 0 Å². The topological polar surface area (TPSA) is 92.7 Å². The predicted octanol–water partition coefficient (Wildman–Crippen LogP) is 1.08. The van der Waals surface area contributed by atoms with Crippen molar-refractivity contribution in [1.82, 2.24) is 4.72 Å². The average molecular weight is 311 g/mol. The predicted molar refractivity (Wildman–Crippen MR) is 74.5 cm³/mol. The Bertz CT molecular complexity index is 653. The fraction of sp³-hybridized carbons (Fsp3) is 0.500. The van der Waals surface area contributed by atoms with Gasteiger partial charge in [-0.2, -0.15) is 0 Å². The molecule has 0 bridgehead atoms. The van der Waals surface area contributed by atoms with Crippen molar-refractivity contribution >= 4 is 16.0 Å². The Morgan fingerprint density at radius 2 is 1.95 bits per heavy atom. The van der Waals surface area contributed by atoms with Gasteiger partial charge >= 0.3 is 5.97 Å². The van der Waals surface area contributed by atoms with Crippen molar-refractivity contribution in [2.75, 3.05) is 6.61 Å². The lowest BCUT2D eigenvalue weighted by atomic mass is 10.1. The summed E-state index contributed by atoms with van der Waals surface area (Å²) in [5.74, 6) is -0.844. The molecule has 1 saturated heterocycles. The molecule has 0 unspecified atom stereocenters. The summed E-state index contributed by atoms with van der Waals surface area (Å²) in [7, 11) is -3.74. The molecule has 1 saturated carbocycles. The molecule has 2 aliphatic rings. The SMILES string of the molecule is O=C(O)[C@@H]1OCC[C@@H]1NS(=O)(=O)c1ccccc1C1CC1. The van der Waals surface area contributed by atoms with Crippen LogP contribution in [0.1, 0.15) is 30.7 Å². The van der Waals surface area contributed by atoms with Crippen LogP contribution in [0, 0.1) is 0 Å². The number of benzene rings is 1. The largest absolute Gasteiger partial charge is 0.479 e. The van der Waals surface area contributed by atoms with Gasteiger partial charge in [-0.05, 0) is 36.8 Å². The molecule has 1 aromatic carbocycles. The van der Waals surface area contributed by atoms with Crippen LogP contribution in [0.2, 0.25) is 0 Å². The standard InChI is InChI=1S/C14H17NO5S/c16-14(17)13-11(7-8-20-13)15-21(18,19)12-4-2-1-3-10(12)9-5-6-9/h1-4,9,11,13,15H,5-8H2,(H,16,17)/t11-,13+/m0/s1. The first-order chi connectivity index (χ1) is 9.99. The Kier molecular flexibility index (Phi) is 3.73. The van der Waals surface area contributed by atoms with Gasteiger partial charge in [0, 0.05) is 6.61 Å². The summed E-state index contributed by atoms with van der Waals surface area (Å²) in [6, 6.07) is 6.18. The molecule has 3 rings (SSSR count). The second kappa shape index (κ2) is 5.40. The molecular weight excluding hydrogens is 294 g/mol. The van der Waals surface area contributed by atoms with Gasteiger partial charge < -0.3 is 9.84 Å². The van der Waals surface area contributed by atoms with E-state index >= 15 is 0 Å². The van der Waals surface area contributed by atoms with Gasteiger partial charge in [0.25, 0.3) is 0 Å². The van der Waals surface area contributed by atoms with Crippen LogP contribution in [-0.2, 0) is 19.6 Å². The van der Waals surface area contributed by atoms with E-state index in [0.29, 0.717) is 12.3 Å². The van der Waals surface area contributed by atoms with Crippen LogP contribution in [0.3, 0.4) is 0 Å². The molecule has 21 heavy (non-hydrogen) atoms. The number of hydrogen-bond donors (Lipinski definition) is 2. The Morgan fingerprint density at radius 3 is 2.62 bits per heavy atom. The summed E-state index contributed by atoms with van der Waals surface area (Å²) >= 11 is 0. The lowest BCUT2D eigenvalue weighted by Crippen LogP contribution is -2.44. The van der Waals surface area contributed by atoms with Gasteiger partial charge in [-0.3, -0.25) is 0 Å². The number of carboxylic acid groups (broad SMARTS) is 1. The number of rotatable bonds is 5. The van der Waals surface area contributed by atoms with Crippen molar-refractivity contribution in [2.45, 2.75) is 42.2 Å². The molecule has 1 aliphatic carbocycles. The third kappa shape index (κ3) is 2.95. The third-order valence-corrected chi connectivity index (χ3v) is 5.43. The summed E-state index contributed by atoms with van der Waals surface area (Å²) in [4.78, 5) is 11.3. The highest BCUT2D eigenvalue weighted by Gasteiger charge is 2.38. The number of aliphatic carboxylic acids is 1. The van der Waals surface area contributed by atoms with Gasteiger partial charge in [0.05, 0.1) is 10.9 Å². The first-order valence-corrected chi connectivity index (χ1v) is 8.43. The van der Waals surface area contributed by atoms with E-state index in [2.05, 4.69) is 4.72 Å². The van der Waals surface area contributed by atoms with E-state index in [-0.39, 0.29) is 11.5 Å². The number of sulfonamides is 1. The minimum Gasteiger partial charge on any atom is -0.479 e. The van der Waals surface area contributed by atoms with Crippen molar-refractivity contribution in [3.05, 3.63) is 29.8 Å². The number of hydrogen-bond acceptors (Lipinski definition) is 4. The third-order valence-electron chi connectivity index (χ3n) is 3.87. The number of carbonyl (C=O) groups is 1. The highest BCUT2D eigenvalue weighted by atomic mass is 32.2. The van der Waals surface area contributed by atoms with Crippen LogP contribution in [0.15, 0.2) is 29.2 Å². The van der Waals surface area contributed by atoms with E-state index < -0.39 is 28.1 Å². The molecule has 0 spiro atoms. The highest BCUT2D eigenvalue weighted by Crippen LogP contribution is 2.42. The summed E-state index contributed by atoms with van der Waals surface area (Å²) in [6.07, 6.45) is 1.24. The number of nitrogens with one attached hydrogen (secondary N) is 1. The van der Waals surface area contributed by atoms with E-state index in [1.165, 1.54) is 0 Å². The molecule has 114 valence electrons. The summed E-state index contributed by atoms with van der Waals surface area (Å²) in [5.41, 5.74) is 0.816. The fourth-order valence-corrected chi connectivity index (χ4v) is 4.24. The Hall–Kier alpha value is -1.44. The quantitative estimate of drug-likeness (QED) is 0.849. The number of carboxylic acids is 1. The summed E-state index contributed by atoms with van der Waals surface area (Å²) in [6.45, 7) is 0.244. The van der Waals surface area contributed by atoms with Gasteiger partial charge in [0.15, 0.2) is 6.10 Å². The molecule has 0 radical (unpaired) electrons. The van der Waals surface area contributed by atoms with Crippen LogP contribution >= 0.6 is 0 Å². The molecule has 0 aromatic heterocycles. The fourth-order valence-electron chi connectivity index (χ4n) is 2.67. The smallest absolute Gasteiger partial charge is 0.334 e. The zero-order chi connectivity index (χ0) is 15.0. The van der Waals surface area contributed by atoms with Crippen LogP contribution in [0.5, 0.6) is 0 Å². The van der Waals surface area contributed by atoms with Gasteiger partial charge in [-0.25, -0.2) is 17.9 Å². The second-order valence-electron chi connectivity index (χ2n) is 5.46. The van der Waals surface area contributed by atoms with E-state index in [4.69, 9.17) is 9.84 Å². The van der Waals surface area contributed by atoms with Crippen molar-refractivity contribution in [3.63, 3.8) is 0 Å². The molecule has 1 aliphatic heterocycles. The normalized spacial score (nSPS) is 25.9. The summed E-state index contributed by atoms with van der Waals surface area (Å²) in [5, 5.41) is 9.04. The van der Waals surface area contributed by atoms with Gasteiger partial charge in [0.2, 0.25) is 10.0 Å². The minimum atomic E-state index is -3.74. The second-order valence-corrected chi connectivity index (χ2v) is 7.14. The lowest BCUT2D eigenvalue weighted by molar-refractivity contribution is -0.147. The van der Waals surface area contributed by atoms with E-state index in [1.807, 2.05) is 12.1 Å². The van der Waals surface area contributed by atoms with Gasteiger partial charge in [-0.1, -0.05) is 18.2 Å². The lowest BCUT2D eigenvalue weighted by Gasteiger charge is -2.18. The zero-order valence-corrected chi connectivity index (χ0v) is 12.2.